The summed E-state index contributed by atoms with van der Waals surface area (Å²) in [5.41, 5.74) is 4.30. The first-order chi connectivity index (χ1) is 12.6. The molecule has 2 heterocycles. The van der Waals surface area contributed by atoms with Gasteiger partial charge in [-0.25, -0.2) is 15.0 Å². The number of nitrogens with zero attached hydrogens (tertiary/aromatic N) is 3. The minimum absolute atomic E-state index is 0.0443. The number of hydrogen-bond donors (Lipinski definition) is 4. The number of aliphatic hydroxyl groups excluding tert-OH is 1. The van der Waals surface area contributed by atoms with Crippen molar-refractivity contribution in [3.63, 3.8) is 0 Å². The van der Waals surface area contributed by atoms with Crippen LogP contribution < -0.4 is 16.0 Å². The monoisotopic (exact) mass is 370 g/mol. The molecule has 0 aliphatic heterocycles. The summed E-state index contributed by atoms with van der Waals surface area (Å²) in [6, 6.07) is 3.67. The van der Waals surface area contributed by atoms with E-state index in [4.69, 9.17) is 12.2 Å². The molecule has 1 aliphatic rings. The standard InChI is InChI=1S/C18H22N6OS/c1-3-19-18(26)24-15-8-7-14-17(22-15)23-16(9-20-14)21-13-6-4-5-12(10-25)11(13)2/h5,7-9,25H,3-4,6,10H2,1-2H3,(H3,19,21,22,23,24,26). The average Bonchev–Trinajstić information content (AvgIpc) is 2.63. The van der Waals surface area contributed by atoms with Gasteiger partial charge in [0.25, 0.3) is 0 Å². The predicted octanol–water partition coefficient (Wildman–Crippen LogP) is 2.73. The summed E-state index contributed by atoms with van der Waals surface area (Å²) in [6.07, 6.45) is 5.53. The van der Waals surface area contributed by atoms with Gasteiger partial charge in [-0.1, -0.05) is 6.08 Å². The van der Waals surface area contributed by atoms with Crippen molar-refractivity contribution in [2.75, 3.05) is 23.8 Å². The van der Waals surface area contributed by atoms with Gasteiger partial charge in [-0.15, -0.1) is 0 Å². The number of allylic oxidation sites excluding steroid dienone is 2. The molecule has 7 nitrogen and oxygen atoms in total. The van der Waals surface area contributed by atoms with Crippen LogP contribution in [-0.2, 0) is 0 Å². The highest BCUT2D eigenvalue weighted by atomic mass is 32.1. The number of hydrogen-bond acceptors (Lipinski definition) is 6. The Morgan fingerprint density at radius 3 is 2.85 bits per heavy atom. The second-order valence-electron chi connectivity index (χ2n) is 5.93. The molecule has 0 saturated carbocycles. The summed E-state index contributed by atoms with van der Waals surface area (Å²) < 4.78 is 0. The maximum atomic E-state index is 9.44. The smallest absolute Gasteiger partial charge is 0.182 e. The Balaban J connectivity index is 1.84. The largest absolute Gasteiger partial charge is 0.392 e. The van der Waals surface area contributed by atoms with Crippen molar-refractivity contribution in [2.45, 2.75) is 26.7 Å². The SMILES string of the molecule is CCNC(=S)Nc1ccc2ncc(NC3=C(C)C(CO)=CCC3)nc2n1. The molecule has 4 N–H and O–H groups in total. The quantitative estimate of drug-likeness (QED) is 0.597. The highest BCUT2D eigenvalue weighted by Gasteiger charge is 2.13. The zero-order valence-electron chi connectivity index (χ0n) is 14.8. The molecule has 3 rings (SSSR count). The number of thiocarbonyl (C=S) groups is 1. The van der Waals surface area contributed by atoms with Crippen molar-refractivity contribution in [1.29, 1.82) is 0 Å². The molecular weight excluding hydrogens is 348 g/mol. The lowest BCUT2D eigenvalue weighted by atomic mass is 9.96. The number of anilines is 2. The van der Waals surface area contributed by atoms with E-state index in [1.54, 1.807) is 6.20 Å². The van der Waals surface area contributed by atoms with Crippen molar-refractivity contribution in [3.05, 3.63) is 41.2 Å². The third-order valence-corrected chi connectivity index (χ3v) is 4.40. The lowest BCUT2D eigenvalue weighted by Gasteiger charge is -2.19. The Bertz CT molecular complexity index is 892. The summed E-state index contributed by atoms with van der Waals surface area (Å²) in [4.78, 5) is 13.5. The van der Waals surface area contributed by atoms with Crippen LogP contribution in [0, 0.1) is 0 Å². The fourth-order valence-electron chi connectivity index (χ4n) is 2.77. The van der Waals surface area contributed by atoms with E-state index in [0.29, 0.717) is 27.9 Å². The first kappa shape index (κ1) is 18.2. The van der Waals surface area contributed by atoms with E-state index in [1.165, 1.54) is 0 Å². The van der Waals surface area contributed by atoms with Crippen LogP contribution in [0.2, 0.25) is 0 Å². The van der Waals surface area contributed by atoms with Gasteiger partial charge in [-0.05, 0) is 62.2 Å². The van der Waals surface area contributed by atoms with Gasteiger partial charge in [0.15, 0.2) is 16.6 Å². The topological polar surface area (TPSA) is 95.0 Å². The maximum absolute atomic E-state index is 9.44. The molecule has 0 atom stereocenters. The molecule has 1 aliphatic carbocycles. The van der Waals surface area contributed by atoms with Gasteiger partial charge < -0.3 is 21.1 Å². The van der Waals surface area contributed by atoms with E-state index >= 15 is 0 Å². The first-order valence-corrected chi connectivity index (χ1v) is 8.97. The molecule has 0 saturated heterocycles. The second-order valence-corrected chi connectivity index (χ2v) is 6.34. The molecule has 0 radical (unpaired) electrons. The second kappa shape index (κ2) is 8.20. The Hall–Kier alpha value is -2.58. The number of fused-ring (bicyclic) bond motifs is 1. The zero-order chi connectivity index (χ0) is 18.5. The number of rotatable bonds is 5. The van der Waals surface area contributed by atoms with Crippen LogP contribution in [0.5, 0.6) is 0 Å². The van der Waals surface area contributed by atoms with Gasteiger partial charge in [0.2, 0.25) is 0 Å². The summed E-state index contributed by atoms with van der Waals surface area (Å²) in [7, 11) is 0. The Morgan fingerprint density at radius 2 is 2.08 bits per heavy atom. The van der Waals surface area contributed by atoms with Crippen LogP contribution in [-0.4, -0.2) is 38.3 Å². The van der Waals surface area contributed by atoms with Crippen LogP contribution in [0.4, 0.5) is 11.6 Å². The summed E-state index contributed by atoms with van der Waals surface area (Å²) in [6.45, 7) is 4.76. The van der Waals surface area contributed by atoms with Crippen molar-refractivity contribution >= 4 is 40.1 Å². The summed E-state index contributed by atoms with van der Waals surface area (Å²) in [5, 5.41) is 19.3. The Morgan fingerprint density at radius 1 is 1.27 bits per heavy atom. The van der Waals surface area contributed by atoms with Crippen molar-refractivity contribution < 1.29 is 5.11 Å². The molecule has 26 heavy (non-hydrogen) atoms. The molecule has 8 heteroatoms. The van der Waals surface area contributed by atoms with E-state index < -0.39 is 0 Å². The first-order valence-electron chi connectivity index (χ1n) is 8.56. The molecule has 0 bridgehead atoms. The molecular formula is C18H22N6OS. The van der Waals surface area contributed by atoms with Crippen LogP contribution in [0.25, 0.3) is 11.2 Å². The van der Waals surface area contributed by atoms with Gasteiger partial charge >= 0.3 is 0 Å². The fourth-order valence-corrected chi connectivity index (χ4v) is 3.02. The van der Waals surface area contributed by atoms with Gasteiger partial charge in [-0.2, -0.15) is 0 Å². The van der Waals surface area contributed by atoms with E-state index in [0.717, 1.165) is 36.2 Å². The minimum Gasteiger partial charge on any atom is -0.392 e. The molecule has 136 valence electrons. The van der Waals surface area contributed by atoms with Gasteiger partial charge in [0.1, 0.15) is 11.3 Å². The molecule has 2 aromatic rings. The van der Waals surface area contributed by atoms with Crippen LogP contribution in [0.1, 0.15) is 26.7 Å². The van der Waals surface area contributed by atoms with Gasteiger partial charge in [-0.3, -0.25) is 0 Å². The van der Waals surface area contributed by atoms with Crippen molar-refractivity contribution in [2.24, 2.45) is 0 Å². The maximum Gasteiger partial charge on any atom is 0.182 e. The molecule has 0 fully saturated rings. The molecule has 0 unspecified atom stereocenters. The lowest BCUT2D eigenvalue weighted by Crippen LogP contribution is -2.28. The summed E-state index contributed by atoms with van der Waals surface area (Å²) >= 11 is 5.18. The number of pyridine rings is 1. The predicted molar refractivity (Wildman–Crippen MR) is 108 cm³/mol. The Labute approximate surface area is 157 Å². The molecule has 0 aromatic carbocycles. The van der Waals surface area contributed by atoms with Crippen molar-refractivity contribution in [1.82, 2.24) is 20.3 Å². The van der Waals surface area contributed by atoms with E-state index in [1.807, 2.05) is 26.0 Å². The van der Waals surface area contributed by atoms with Crippen LogP contribution in [0.15, 0.2) is 41.2 Å². The Kier molecular flexibility index (Phi) is 5.75. The van der Waals surface area contributed by atoms with E-state index in [-0.39, 0.29) is 6.61 Å². The number of aromatic nitrogens is 3. The van der Waals surface area contributed by atoms with Crippen LogP contribution in [0.3, 0.4) is 0 Å². The van der Waals surface area contributed by atoms with E-state index in [9.17, 15) is 5.11 Å². The number of aliphatic hydroxyl groups is 1. The van der Waals surface area contributed by atoms with Gasteiger partial charge in [0.05, 0.1) is 12.8 Å². The van der Waals surface area contributed by atoms with Crippen LogP contribution >= 0.6 is 12.2 Å². The third-order valence-electron chi connectivity index (χ3n) is 4.15. The summed E-state index contributed by atoms with van der Waals surface area (Å²) in [5.74, 6) is 1.25. The lowest BCUT2D eigenvalue weighted by molar-refractivity contribution is 0.332. The number of nitrogens with one attached hydrogen (secondary N) is 3. The average molecular weight is 370 g/mol. The molecule has 2 aromatic heterocycles. The molecule has 0 spiro atoms. The fraction of sp³-hybridized carbons (Fsp3) is 0.333. The van der Waals surface area contributed by atoms with Crippen molar-refractivity contribution in [3.8, 4) is 0 Å². The highest BCUT2D eigenvalue weighted by molar-refractivity contribution is 7.80. The minimum atomic E-state index is 0.0443. The third kappa shape index (κ3) is 4.14. The zero-order valence-corrected chi connectivity index (χ0v) is 15.7. The normalized spacial score (nSPS) is 14.2. The highest BCUT2D eigenvalue weighted by Crippen LogP contribution is 2.25. The molecule has 0 amide bonds. The van der Waals surface area contributed by atoms with E-state index in [2.05, 4.69) is 37.0 Å². The van der Waals surface area contributed by atoms with Gasteiger partial charge in [0, 0.05) is 12.2 Å².